The van der Waals surface area contributed by atoms with Gasteiger partial charge in [-0.2, -0.15) is 0 Å². The molecule has 0 bridgehead atoms. The zero-order chi connectivity index (χ0) is 17.7. The molecular weight excluding hydrogens is 308 g/mol. The number of phenols is 1. The van der Waals surface area contributed by atoms with Gasteiger partial charge in [0.15, 0.2) is 0 Å². The number of hydrogen-bond donors (Lipinski definition) is 2. The van der Waals surface area contributed by atoms with Crippen molar-refractivity contribution in [2.45, 2.75) is 18.9 Å². The van der Waals surface area contributed by atoms with Crippen LogP contribution in [0.5, 0.6) is 5.75 Å². The summed E-state index contributed by atoms with van der Waals surface area (Å²) >= 11 is 0. The maximum absolute atomic E-state index is 12.6. The minimum Gasteiger partial charge on any atom is -0.506 e. The molecular formula is C17H24N4O3. The first-order valence-electron chi connectivity index (χ1n) is 7.78. The number of nitrogens with zero attached hydrogens (tertiary/aromatic N) is 3. The van der Waals surface area contributed by atoms with E-state index < -0.39 is 0 Å². The first-order valence-corrected chi connectivity index (χ1v) is 7.78. The van der Waals surface area contributed by atoms with Crippen LogP contribution in [0.2, 0.25) is 0 Å². The highest BCUT2D eigenvalue weighted by Crippen LogP contribution is 2.25. The zero-order valence-electron chi connectivity index (χ0n) is 14.1. The van der Waals surface area contributed by atoms with Crippen LogP contribution in [0.15, 0.2) is 29.4 Å². The minimum atomic E-state index is -0.130. The van der Waals surface area contributed by atoms with Crippen molar-refractivity contribution in [1.82, 2.24) is 9.80 Å². The predicted octanol–water partition coefficient (Wildman–Crippen LogP) is 2.14. The number of amides is 2. The van der Waals surface area contributed by atoms with E-state index >= 15 is 0 Å². The summed E-state index contributed by atoms with van der Waals surface area (Å²) < 4.78 is 5.33. The standard InChI is InChI=1S/C17H24N4O3/c1-19-15(12-4-5-16(22)14(18)10-12)11-20(2)17(23)21(3)13-6-8-24-9-7-13/h4-5,10-11,13,22H,1,6-9,18H2,2-3H3/b15-11-. The molecule has 3 N–H and O–H groups in total. The van der Waals surface area contributed by atoms with Crippen LogP contribution in [0.3, 0.4) is 0 Å². The van der Waals surface area contributed by atoms with Crippen molar-refractivity contribution in [3.8, 4) is 5.75 Å². The van der Waals surface area contributed by atoms with Crippen LogP contribution in [-0.4, -0.2) is 61.0 Å². The largest absolute Gasteiger partial charge is 0.506 e. The molecule has 2 rings (SSSR count). The van der Waals surface area contributed by atoms with Crippen molar-refractivity contribution in [3.05, 3.63) is 30.0 Å². The molecule has 1 aliphatic rings. The summed E-state index contributed by atoms with van der Waals surface area (Å²) in [6.07, 6.45) is 3.28. The summed E-state index contributed by atoms with van der Waals surface area (Å²) in [6, 6.07) is 4.80. The maximum Gasteiger partial charge on any atom is 0.323 e. The van der Waals surface area contributed by atoms with Crippen LogP contribution >= 0.6 is 0 Å². The number of aliphatic imine (C=N–C) groups is 1. The number of carbonyl (C=O) groups excluding carboxylic acids is 1. The maximum atomic E-state index is 12.6. The Morgan fingerprint density at radius 1 is 1.42 bits per heavy atom. The summed E-state index contributed by atoms with van der Waals surface area (Å²) in [5, 5.41) is 9.51. The Morgan fingerprint density at radius 3 is 2.67 bits per heavy atom. The Balaban J connectivity index is 2.15. The van der Waals surface area contributed by atoms with Gasteiger partial charge in [0.1, 0.15) is 5.75 Å². The molecule has 7 nitrogen and oxygen atoms in total. The Morgan fingerprint density at radius 2 is 2.08 bits per heavy atom. The minimum absolute atomic E-state index is 0.00541. The summed E-state index contributed by atoms with van der Waals surface area (Å²) in [6.45, 7) is 4.90. The number of nitrogens with two attached hydrogens (primary N) is 1. The number of hydrogen-bond acceptors (Lipinski definition) is 5. The van der Waals surface area contributed by atoms with E-state index in [1.54, 1.807) is 37.3 Å². The lowest BCUT2D eigenvalue weighted by Crippen LogP contribution is -2.45. The second-order valence-corrected chi connectivity index (χ2v) is 5.79. The third-order valence-corrected chi connectivity index (χ3v) is 4.15. The number of carbonyl (C=O) groups is 1. The Bertz CT molecular complexity index is 639. The molecule has 0 atom stereocenters. The number of urea groups is 1. The van der Waals surface area contributed by atoms with Gasteiger partial charge in [0.05, 0.1) is 11.4 Å². The van der Waals surface area contributed by atoms with Gasteiger partial charge in [-0.05, 0) is 37.8 Å². The quantitative estimate of drug-likeness (QED) is 0.502. The van der Waals surface area contributed by atoms with Crippen LogP contribution in [0, 0.1) is 0 Å². The SMILES string of the molecule is C=N/C(=C\N(C)C(=O)N(C)C1CCOCC1)c1ccc(O)c(N)c1. The van der Waals surface area contributed by atoms with Crippen LogP contribution in [0.4, 0.5) is 10.5 Å². The fourth-order valence-corrected chi connectivity index (χ4v) is 2.64. The third kappa shape index (κ3) is 4.05. The molecule has 24 heavy (non-hydrogen) atoms. The van der Waals surface area contributed by atoms with E-state index in [2.05, 4.69) is 11.7 Å². The van der Waals surface area contributed by atoms with Gasteiger partial charge < -0.3 is 25.4 Å². The van der Waals surface area contributed by atoms with E-state index in [4.69, 9.17) is 10.5 Å². The number of aromatic hydroxyl groups is 1. The predicted molar refractivity (Wildman–Crippen MR) is 94.8 cm³/mol. The van der Waals surface area contributed by atoms with Crippen molar-refractivity contribution in [2.24, 2.45) is 4.99 Å². The molecule has 7 heteroatoms. The smallest absolute Gasteiger partial charge is 0.323 e. The fourth-order valence-electron chi connectivity index (χ4n) is 2.64. The first kappa shape index (κ1) is 17.8. The van der Waals surface area contributed by atoms with Crippen molar-refractivity contribution >= 4 is 24.1 Å². The van der Waals surface area contributed by atoms with Crippen LogP contribution in [-0.2, 0) is 4.74 Å². The van der Waals surface area contributed by atoms with Crippen LogP contribution in [0.1, 0.15) is 18.4 Å². The van der Waals surface area contributed by atoms with Crippen LogP contribution in [0.25, 0.3) is 5.70 Å². The van der Waals surface area contributed by atoms with Crippen molar-refractivity contribution in [2.75, 3.05) is 33.0 Å². The Hall–Kier alpha value is -2.54. The molecule has 1 heterocycles. The van der Waals surface area contributed by atoms with Crippen molar-refractivity contribution < 1.29 is 14.6 Å². The summed E-state index contributed by atoms with van der Waals surface area (Å²) in [7, 11) is 3.47. The highest BCUT2D eigenvalue weighted by molar-refractivity contribution is 5.79. The molecule has 130 valence electrons. The average Bonchev–Trinajstić information content (AvgIpc) is 2.61. The van der Waals surface area contributed by atoms with E-state index in [0.29, 0.717) is 24.5 Å². The second-order valence-electron chi connectivity index (χ2n) is 5.79. The average molecular weight is 332 g/mol. The zero-order valence-corrected chi connectivity index (χ0v) is 14.1. The first-order chi connectivity index (χ1) is 11.4. The lowest BCUT2D eigenvalue weighted by molar-refractivity contribution is 0.0495. The van der Waals surface area contributed by atoms with Gasteiger partial charge in [0, 0.05) is 45.1 Å². The van der Waals surface area contributed by atoms with E-state index in [0.717, 1.165) is 12.8 Å². The Labute approximate surface area is 142 Å². The molecule has 1 saturated heterocycles. The molecule has 1 aromatic rings. The molecule has 0 saturated carbocycles. The van der Waals surface area contributed by atoms with Gasteiger partial charge in [0.25, 0.3) is 0 Å². The monoisotopic (exact) mass is 332 g/mol. The molecule has 1 fully saturated rings. The van der Waals surface area contributed by atoms with Crippen molar-refractivity contribution in [3.63, 3.8) is 0 Å². The molecule has 0 radical (unpaired) electrons. The number of rotatable bonds is 4. The van der Waals surface area contributed by atoms with E-state index in [1.807, 2.05) is 0 Å². The molecule has 0 spiro atoms. The van der Waals surface area contributed by atoms with Crippen molar-refractivity contribution in [1.29, 1.82) is 0 Å². The fraction of sp³-hybridized carbons (Fsp3) is 0.412. The van der Waals surface area contributed by atoms with E-state index in [-0.39, 0.29) is 23.5 Å². The summed E-state index contributed by atoms with van der Waals surface area (Å²) in [5.74, 6) is 0.00541. The molecule has 2 amide bonds. The molecule has 0 unspecified atom stereocenters. The van der Waals surface area contributed by atoms with Gasteiger partial charge in [-0.15, -0.1) is 0 Å². The number of benzene rings is 1. The lowest BCUT2D eigenvalue weighted by Gasteiger charge is -2.33. The van der Waals surface area contributed by atoms with Crippen LogP contribution < -0.4 is 5.73 Å². The number of nitrogen functional groups attached to an aromatic ring is 1. The topological polar surface area (TPSA) is 91.4 Å². The van der Waals surface area contributed by atoms with Gasteiger partial charge in [-0.1, -0.05) is 0 Å². The Kier molecular flexibility index (Phi) is 5.81. The molecule has 1 aromatic carbocycles. The van der Waals surface area contributed by atoms with Gasteiger partial charge in [-0.3, -0.25) is 4.99 Å². The highest BCUT2D eigenvalue weighted by Gasteiger charge is 2.24. The van der Waals surface area contributed by atoms with Gasteiger partial charge in [0.2, 0.25) is 0 Å². The normalized spacial score (nSPS) is 15.8. The molecule has 0 aromatic heterocycles. The second kappa shape index (κ2) is 7.83. The third-order valence-electron chi connectivity index (χ3n) is 4.15. The number of anilines is 1. The van der Waals surface area contributed by atoms with E-state index in [9.17, 15) is 9.90 Å². The highest BCUT2D eigenvalue weighted by atomic mass is 16.5. The molecule has 1 aliphatic heterocycles. The summed E-state index contributed by atoms with van der Waals surface area (Å²) in [5.41, 5.74) is 7.13. The van der Waals surface area contributed by atoms with E-state index in [1.165, 1.54) is 11.0 Å². The van der Waals surface area contributed by atoms with Gasteiger partial charge >= 0.3 is 6.03 Å². The van der Waals surface area contributed by atoms with Gasteiger partial charge in [-0.25, -0.2) is 4.79 Å². The summed E-state index contributed by atoms with van der Waals surface area (Å²) in [4.78, 5) is 19.8. The lowest BCUT2D eigenvalue weighted by atomic mass is 10.1. The molecule has 0 aliphatic carbocycles. The number of ether oxygens (including phenoxy) is 1. The number of phenolic OH excluding ortho intramolecular Hbond substituents is 1.